The number of aryl methyl sites for hydroxylation is 1. The van der Waals surface area contributed by atoms with Crippen molar-refractivity contribution in [2.45, 2.75) is 60.5 Å². The summed E-state index contributed by atoms with van der Waals surface area (Å²) in [6, 6.07) is 4.19. The Morgan fingerprint density at radius 1 is 0.514 bits per heavy atom. The first kappa shape index (κ1) is 30.8. The number of hydrogen-bond donors (Lipinski definition) is 0. The lowest BCUT2D eigenvalue weighted by atomic mass is 9.87. The molecule has 0 spiro atoms. The van der Waals surface area contributed by atoms with Crippen molar-refractivity contribution in [3.63, 3.8) is 0 Å². The van der Waals surface area contributed by atoms with E-state index in [1.807, 2.05) is 0 Å². The molecule has 35 heavy (non-hydrogen) atoms. The van der Waals surface area contributed by atoms with Crippen molar-refractivity contribution in [1.29, 1.82) is 0 Å². The molecule has 202 valence electrons. The number of hydrogen-bond acceptors (Lipinski definition) is 0. The van der Waals surface area contributed by atoms with Gasteiger partial charge in [-0.2, -0.15) is 74.6 Å². The van der Waals surface area contributed by atoms with Gasteiger partial charge in [-0.05, 0) is 17.5 Å². The Kier molecular flexibility index (Phi) is 7.66. The predicted molar refractivity (Wildman–Crippen MR) is 85.5 cm³/mol. The monoisotopic (exact) mass is 550 g/mol. The van der Waals surface area contributed by atoms with E-state index < -0.39 is 60.5 Å². The second kappa shape index (κ2) is 8.71. The molecule has 0 radical (unpaired) electrons. The maximum Gasteiger partial charge on any atom is 0.460 e. The fourth-order valence-electron chi connectivity index (χ4n) is 2.48. The Morgan fingerprint density at radius 3 is 1.20 bits per heavy atom. The molecule has 1 aromatic rings. The SMILES string of the molecule is C=Cc1ccc(CCC(F)(F)C(F)(F)C(F)(F)C(F)(F)C(F)(F)C(F)(F)C(F)(F)C(F)(F)F)cc1. The minimum absolute atomic E-state index is 0.317. The van der Waals surface area contributed by atoms with Crippen molar-refractivity contribution in [2.75, 3.05) is 0 Å². The molecule has 17 heteroatoms. The summed E-state index contributed by atoms with van der Waals surface area (Å²) in [7, 11) is 0. The van der Waals surface area contributed by atoms with Gasteiger partial charge in [0.25, 0.3) is 0 Å². The van der Waals surface area contributed by atoms with Crippen molar-refractivity contribution < 1.29 is 74.6 Å². The fourth-order valence-corrected chi connectivity index (χ4v) is 2.48. The second-order valence-corrected chi connectivity index (χ2v) is 7.09. The van der Waals surface area contributed by atoms with Gasteiger partial charge in [0.1, 0.15) is 0 Å². The summed E-state index contributed by atoms with van der Waals surface area (Å²) in [5, 5.41) is 0. The first-order valence-corrected chi connectivity index (χ1v) is 8.69. The quantitative estimate of drug-likeness (QED) is 0.258. The molecule has 0 saturated carbocycles. The Hall–Kier alpha value is -2.23. The summed E-state index contributed by atoms with van der Waals surface area (Å²) in [4.78, 5) is 0. The summed E-state index contributed by atoms with van der Waals surface area (Å²) in [5.74, 6) is -56.1. The van der Waals surface area contributed by atoms with Crippen LogP contribution < -0.4 is 0 Å². The van der Waals surface area contributed by atoms with E-state index in [9.17, 15) is 74.6 Å². The van der Waals surface area contributed by atoms with Gasteiger partial charge in [0, 0.05) is 6.42 Å². The van der Waals surface area contributed by atoms with Crippen LogP contribution in [0.15, 0.2) is 30.8 Å². The van der Waals surface area contributed by atoms with Gasteiger partial charge in [-0.3, -0.25) is 0 Å². The minimum Gasteiger partial charge on any atom is -0.200 e. The van der Waals surface area contributed by atoms with E-state index in [1.54, 1.807) is 0 Å². The lowest BCUT2D eigenvalue weighted by Crippen LogP contribution is -2.74. The molecule has 0 aromatic heterocycles. The highest BCUT2D eigenvalue weighted by Crippen LogP contribution is 2.64. The van der Waals surface area contributed by atoms with E-state index in [-0.39, 0.29) is 5.56 Å². The van der Waals surface area contributed by atoms with E-state index in [0.717, 1.165) is 24.3 Å². The highest BCUT2D eigenvalue weighted by atomic mass is 19.4. The Balaban J connectivity index is 3.43. The molecular weight excluding hydrogens is 539 g/mol. The van der Waals surface area contributed by atoms with Gasteiger partial charge < -0.3 is 0 Å². The lowest BCUT2D eigenvalue weighted by molar-refractivity contribution is -0.461. The zero-order chi connectivity index (χ0) is 28.1. The van der Waals surface area contributed by atoms with Crippen LogP contribution in [0, 0.1) is 0 Å². The summed E-state index contributed by atoms with van der Waals surface area (Å²) in [6.45, 7) is 3.30. The Morgan fingerprint density at radius 2 is 0.857 bits per heavy atom. The molecule has 0 aliphatic rings. The molecular formula is C18H11F17. The molecule has 0 fully saturated rings. The van der Waals surface area contributed by atoms with Gasteiger partial charge in [-0.1, -0.05) is 36.9 Å². The van der Waals surface area contributed by atoms with Crippen LogP contribution in [0.5, 0.6) is 0 Å². The molecule has 0 atom stereocenters. The molecule has 0 bridgehead atoms. The summed E-state index contributed by atoms with van der Waals surface area (Å²) < 4.78 is 224. The van der Waals surface area contributed by atoms with Crippen molar-refractivity contribution in [3.8, 4) is 0 Å². The van der Waals surface area contributed by atoms with Crippen molar-refractivity contribution in [1.82, 2.24) is 0 Å². The normalized spacial score (nSPS) is 15.3. The zero-order valence-electron chi connectivity index (χ0n) is 16.4. The van der Waals surface area contributed by atoms with Crippen LogP contribution in [0.3, 0.4) is 0 Å². The van der Waals surface area contributed by atoms with Crippen LogP contribution in [-0.4, -0.2) is 47.6 Å². The number of halogens is 17. The average molecular weight is 550 g/mol. The first-order chi connectivity index (χ1) is 15.3. The summed E-state index contributed by atoms with van der Waals surface area (Å²) in [5.41, 5.74) is 0.0265. The maximum atomic E-state index is 13.8. The van der Waals surface area contributed by atoms with Crippen LogP contribution in [0.4, 0.5) is 74.6 Å². The summed E-state index contributed by atoms with van der Waals surface area (Å²) >= 11 is 0. The standard InChI is InChI=1S/C18H11F17/c1-2-9-3-5-10(6-4-9)7-8-11(19,20)12(21,22)13(23,24)14(25,26)15(27,28)16(29,30)17(31,32)18(33,34)35/h2-6H,1,7-8H2. The van der Waals surface area contributed by atoms with Crippen molar-refractivity contribution in [2.24, 2.45) is 0 Å². The van der Waals surface area contributed by atoms with Gasteiger partial charge >= 0.3 is 47.6 Å². The molecule has 0 heterocycles. The van der Waals surface area contributed by atoms with Gasteiger partial charge in [-0.15, -0.1) is 0 Å². The topological polar surface area (TPSA) is 0 Å². The average Bonchev–Trinajstić information content (AvgIpc) is 2.70. The van der Waals surface area contributed by atoms with E-state index in [2.05, 4.69) is 6.58 Å². The fraction of sp³-hybridized carbons (Fsp3) is 0.556. The van der Waals surface area contributed by atoms with Crippen LogP contribution in [0.1, 0.15) is 17.5 Å². The molecule has 0 saturated heterocycles. The number of benzene rings is 1. The molecule has 1 rings (SSSR count). The van der Waals surface area contributed by atoms with Gasteiger partial charge in [0.15, 0.2) is 0 Å². The number of rotatable bonds is 10. The molecule has 0 unspecified atom stereocenters. The van der Waals surface area contributed by atoms with Crippen LogP contribution in [-0.2, 0) is 6.42 Å². The molecule has 0 nitrogen and oxygen atoms in total. The largest absolute Gasteiger partial charge is 0.460 e. The van der Waals surface area contributed by atoms with Crippen molar-refractivity contribution in [3.05, 3.63) is 42.0 Å². The van der Waals surface area contributed by atoms with Gasteiger partial charge in [-0.25, -0.2) is 0 Å². The zero-order valence-corrected chi connectivity index (χ0v) is 16.4. The van der Waals surface area contributed by atoms with E-state index in [4.69, 9.17) is 0 Å². The smallest absolute Gasteiger partial charge is 0.200 e. The van der Waals surface area contributed by atoms with Crippen molar-refractivity contribution >= 4 is 6.08 Å². The van der Waals surface area contributed by atoms with E-state index in [1.165, 1.54) is 6.08 Å². The maximum absolute atomic E-state index is 13.8. The molecule has 0 aliphatic heterocycles. The molecule has 0 aliphatic carbocycles. The molecule has 0 amide bonds. The molecule has 1 aromatic carbocycles. The summed E-state index contributed by atoms with van der Waals surface area (Å²) in [6.07, 6.45) is -10.3. The van der Waals surface area contributed by atoms with Gasteiger partial charge in [0.2, 0.25) is 0 Å². The second-order valence-electron chi connectivity index (χ2n) is 7.09. The predicted octanol–water partition coefficient (Wildman–Crippen LogP) is 8.27. The van der Waals surface area contributed by atoms with Gasteiger partial charge in [0.05, 0.1) is 0 Å². The first-order valence-electron chi connectivity index (χ1n) is 8.69. The van der Waals surface area contributed by atoms with E-state index in [0.29, 0.717) is 5.56 Å². The Bertz CT molecular complexity index is 893. The third-order valence-electron chi connectivity index (χ3n) is 4.73. The third-order valence-corrected chi connectivity index (χ3v) is 4.73. The van der Waals surface area contributed by atoms with Crippen LogP contribution >= 0.6 is 0 Å². The highest BCUT2D eigenvalue weighted by Gasteiger charge is 2.95. The third kappa shape index (κ3) is 4.54. The minimum atomic E-state index is -8.61. The Labute approximate surface area is 184 Å². The van der Waals surface area contributed by atoms with E-state index >= 15 is 0 Å². The molecule has 0 N–H and O–H groups in total. The highest BCUT2D eigenvalue weighted by molar-refractivity contribution is 5.47. The van der Waals surface area contributed by atoms with Crippen LogP contribution in [0.2, 0.25) is 0 Å². The van der Waals surface area contributed by atoms with Crippen LogP contribution in [0.25, 0.3) is 6.08 Å². The lowest BCUT2D eigenvalue weighted by Gasteiger charge is -2.42. The number of alkyl halides is 17.